The van der Waals surface area contributed by atoms with Crippen molar-refractivity contribution in [2.45, 2.75) is 26.8 Å². The zero-order valence-corrected chi connectivity index (χ0v) is 9.75. The summed E-state index contributed by atoms with van der Waals surface area (Å²) in [7, 11) is 0. The molecule has 0 spiro atoms. The molecule has 1 aromatic heterocycles. The number of aliphatic carboxylic acids is 1. The second-order valence-electron chi connectivity index (χ2n) is 4.18. The highest BCUT2D eigenvalue weighted by molar-refractivity contribution is 5.81. The minimum atomic E-state index is -0.899. The van der Waals surface area contributed by atoms with Crippen molar-refractivity contribution in [2.75, 3.05) is 0 Å². The average molecular weight is 223 g/mol. The predicted molar refractivity (Wildman–Crippen MR) is 61.7 cm³/mol. The van der Waals surface area contributed by atoms with E-state index in [1.165, 1.54) is 12.5 Å². The number of carbonyl (C=O) groups is 1. The first-order valence-corrected chi connectivity index (χ1v) is 5.32. The smallest absolute Gasteiger partial charge is 0.328 e. The highest BCUT2D eigenvalue weighted by atomic mass is 16.4. The maximum atomic E-state index is 11.1. The topological polar surface area (TPSA) is 62.8 Å². The van der Waals surface area contributed by atoms with Crippen molar-refractivity contribution in [1.82, 2.24) is 0 Å². The number of rotatable bonds is 5. The second-order valence-corrected chi connectivity index (χ2v) is 4.18. The van der Waals surface area contributed by atoms with Crippen LogP contribution >= 0.6 is 0 Å². The maximum Gasteiger partial charge on any atom is 0.328 e. The largest absolute Gasteiger partial charge is 0.480 e. The van der Waals surface area contributed by atoms with Crippen LogP contribution in [0.25, 0.3) is 0 Å². The zero-order valence-electron chi connectivity index (χ0n) is 9.75. The molecule has 88 valence electrons. The monoisotopic (exact) mass is 223 g/mol. The Morgan fingerprint density at radius 2 is 2.19 bits per heavy atom. The molecule has 1 aromatic rings. The first-order chi connectivity index (χ1) is 7.52. The van der Waals surface area contributed by atoms with Crippen molar-refractivity contribution in [3.05, 3.63) is 24.2 Å². The number of carboxylic acid groups (broad SMARTS) is 1. The summed E-state index contributed by atoms with van der Waals surface area (Å²) in [4.78, 5) is 15.1. The minimum Gasteiger partial charge on any atom is -0.480 e. The van der Waals surface area contributed by atoms with E-state index in [2.05, 4.69) is 4.99 Å². The van der Waals surface area contributed by atoms with E-state index >= 15 is 0 Å². The van der Waals surface area contributed by atoms with Crippen LogP contribution in [0.4, 0.5) is 0 Å². The van der Waals surface area contributed by atoms with Gasteiger partial charge in [-0.05, 0) is 24.0 Å². The van der Waals surface area contributed by atoms with Gasteiger partial charge in [-0.2, -0.15) is 0 Å². The van der Waals surface area contributed by atoms with Crippen LogP contribution in [-0.4, -0.2) is 23.3 Å². The van der Waals surface area contributed by atoms with E-state index in [9.17, 15) is 4.79 Å². The maximum absolute atomic E-state index is 11.1. The van der Waals surface area contributed by atoms with E-state index in [1.807, 2.05) is 20.8 Å². The molecule has 0 aromatic carbocycles. The molecule has 0 fully saturated rings. The van der Waals surface area contributed by atoms with Crippen LogP contribution in [0.1, 0.15) is 26.5 Å². The van der Waals surface area contributed by atoms with Gasteiger partial charge in [0, 0.05) is 0 Å². The van der Waals surface area contributed by atoms with Gasteiger partial charge in [0.1, 0.15) is 11.8 Å². The van der Waals surface area contributed by atoms with E-state index in [4.69, 9.17) is 9.52 Å². The van der Waals surface area contributed by atoms with Crippen molar-refractivity contribution in [2.24, 2.45) is 16.8 Å². The molecule has 0 unspecified atom stereocenters. The quantitative estimate of drug-likeness (QED) is 0.780. The van der Waals surface area contributed by atoms with Crippen molar-refractivity contribution in [3.63, 3.8) is 0 Å². The Hall–Kier alpha value is -1.58. The van der Waals surface area contributed by atoms with Gasteiger partial charge in [-0.3, -0.25) is 4.99 Å². The SMILES string of the molecule is CC(C)[C@@H](C)[C@H](N=Cc1ccco1)C(=O)O. The lowest BCUT2D eigenvalue weighted by Gasteiger charge is -2.19. The number of hydrogen-bond donors (Lipinski definition) is 1. The fourth-order valence-corrected chi connectivity index (χ4v) is 1.31. The van der Waals surface area contributed by atoms with Crippen LogP contribution in [0.15, 0.2) is 27.8 Å². The molecule has 0 saturated carbocycles. The van der Waals surface area contributed by atoms with E-state index < -0.39 is 12.0 Å². The van der Waals surface area contributed by atoms with Crippen molar-refractivity contribution in [1.29, 1.82) is 0 Å². The van der Waals surface area contributed by atoms with Crippen LogP contribution in [0.2, 0.25) is 0 Å². The number of furan rings is 1. The van der Waals surface area contributed by atoms with Gasteiger partial charge < -0.3 is 9.52 Å². The molecular weight excluding hydrogens is 206 g/mol. The Morgan fingerprint density at radius 1 is 1.50 bits per heavy atom. The van der Waals surface area contributed by atoms with Crippen LogP contribution in [0.5, 0.6) is 0 Å². The number of aliphatic imine (C=N–C) groups is 1. The lowest BCUT2D eigenvalue weighted by molar-refractivity contribution is -0.140. The van der Waals surface area contributed by atoms with Gasteiger partial charge in [0.2, 0.25) is 0 Å². The van der Waals surface area contributed by atoms with E-state index in [0.717, 1.165) is 0 Å². The Morgan fingerprint density at radius 3 is 2.62 bits per heavy atom. The standard InChI is InChI=1S/C12H17NO3/c1-8(2)9(3)11(12(14)15)13-7-10-5-4-6-16-10/h4-9,11H,1-3H3,(H,14,15)/t9-,11+/m1/s1. The van der Waals surface area contributed by atoms with Gasteiger partial charge in [0.25, 0.3) is 0 Å². The molecule has 0 saturated heterocycles. The molecule has 4 heteroatoms. The van der Waals surface area contributed by atoms with Crippen molar-refractivity contribution in [3.8, 4) is 0 Å². The van der Waals surface area contributed by atoms with Gasteiger partial charge in [0.05, 0.1) is 12.5 Å². The predicted octanol–water partition coefficient (Wildman–Crippen LogP) is 2.44. The normalized spacial score (nSPS) is 15.5. The summed E-state index contributed by atoms with van der Waals surface area (Å²) in [5, 5.41) is 9.08. The van der Waals surface area contributed by atoms with E-state index in [-0.39, 0.29) is 11.8 Å². The summed E-state index contributed by atoms with van der Waals surface area (Å²) < 4.78 is 5.06. The highest BCUT2D eigenvalue weighted by Crippen LogP contribution is 2.17. The molecular formula is C12H17NO3. The molecule has 0 amide bonds. The van der Waals surface area contributed by atoms with Gasteiger partial charge in [-0.1, -0.05) is 20.8 Å². The number of hydrogen-bond acceptors (Lipinski definition) is 3. The molecule has 0 aliphatic heterocycles. The Labute approximate surface area is 95.0 Å². The van der Waals surface area contributed by atoms with Crippen LogP contribution in [0.3, 0.4) is 0 Å². The summed E-state index contributed by atoms with van der Waals surface area (Å²) in [6, 6.07) is 2.76. The van der Waals surface area contributed by atoms with Crippen LogP contribution in [-0.2, 0) is 4.79 Å². The van der Waals surface area contributed by atoms with Crippen LogP contribution < -0.4 is 0 Å². The molecule has 2 atom stereocenters. The third-order valence-electron chi connectivity index (χ3n) is 2.71. The Balaban J connectivity index is 2.76. The first-order valence-electron chi connectivity index (χ1n) is 5.32. The molecule has 0 aliphatic carbocycles. The summed E-state index contributed by atoms with van der Waals surface area (Å²) in [5.41, 5.74) is 0. The Bertz CT molecular complexity index is 354. The summed E-state index contributed by atoms with van der Waals surface area (Å²) in [5.74, 6) is -0.0650. The number of carboxylic acids is 1. The average Bonchev–Trinajstić information content (AvgIpc) is 2.69. The molecule has 1 heterocycles. The summed E-state index contributed by atoms with van der Waals surface area (Å²) >= 11 is 0. The van der Waals surface area contributed by atoms with Crippen LogP contribution in [0, 0.1) is 11.8 Å². The zero-order chi connectivity index (χ0) is 12.1. The lowest BCUT2D eigenvalue weighted by Crippen LogP contribution is -2.29. The van der Waals surface area contributed by atoms with E-state index in [1.54, 1.807) is 12.1 Å². The highest BCUT2D eigenvalue weighted by Gasteiger charge is 2.25. The van der Waals surface area contributed by atoms with E-state index in [0.29, 0.717) is 5.76 Å². The number of nitrogens with zero attached hydrogens (tertiary/aromatic N) is 1. The molecule has 4 nitrogen and oxygen atoms in total. The lowest BCUT2D eigenvalue weighted by atomic mass is 9.91. The second kappa shape index (κ2) is 5.49. The molecule has 0 bridgehead atoms. The molecule has 1 N–H and O–H groups in total. The fourth-order valence-electron chi connectivity index (χ4n) is 1.31. The summed E-state index contributed by atoms with van der Waals surface area (Å²) in [6.07, 6.45) is 3.00. The molecule has 0 aliphatic rings. The molecule has 1 rings (SSSR count). The fraction of sp³-hybridized carbons (Fsp3) is 0.500. The first kappa shape index (κ1) is 12.5. The van der Waals surface area contributed by atoms with Gasteiger partial charge in [0.15, 0.2) is 0 Å². The molecule has 0 radical (unpaired) electrons. The molecule has 16 heavy (non-hydrogen) atoms. The van der Waals surface area contributed by atoms with Gasteiger partial charge >= 0.3 is 5.97 Å². The third kappa shape index (κ3) is 3.22. The third-order valence-corrected chi connectivity index (χ3v) is 2.71. The summed E-state index contributed by atoms with van der Waals surface area (Å²) in [6.45, 7) is 5.87. The van der Waals surface area contributed by atoms with Crippen molar-refractivity contribution < 1.29 is 14.3 Å². The minimum absolute atomic E-state index is 0.0105. The van der Waals surface area contributed by atoms with Crippen molar-refractivity contribution >= 4 is 12.2 Å². The van der Waals surface area contributed by atoms with Gasteiger partial charge in [-0.15, -0.1) is 0 Å². The van der Waals surface area contributed by atoms with Gasteiger partial charge in [-0.25, -0.2) is 4.79 Å². The Kier molecular flexibility index (Phi) is 4.28.